The van der Waals surface area contributed by atoms with Crippen LogP contribution in [-0.2, 0) is 0 Å². The van der Waals surface area contributed by atoms with E-state index in [-0.39, 0.29) is 11.4 Å². The first-order valence-electron chi connectivity index (χ1n) is 3.91. The molecular weight excluding hydrogens is 196 g/mol. The molecule has 0 radical (unpaired) electrons. The van der Waals surface area contributed by atoms with Gasteiger partial charge in [-0.3, -0.25) is 4.39 Å². The summed E-state index contributed by atoms with van der Waals surface area (Å²) in [7, 11) is 0. The molecule has 0 fully saturated rings. The molecule has 13 heavy (non-hydrogen) atoms. The van der Waals surface area contributed by atoms with Crippen molar-refractivity contribution in [2.75, 3.05) is 6.67 Å². The molecule has 1 rings (SSSR count). The molecule has 0 heterocycles. The Morgan fingerprint density at radius 1 is 1.38 bits per heavy atom. The lowest BCUT2D eigenvalue weighted by Crippen LogP contribution is -2.11. The number of hydrogen-bond donors (Lipinski definition) is 1. The third-order valence-electron chi connectivity index (χ3n) is 1.73. The fourth-order valence-electron chi connectivity index (χ4n) is 1.07. The Bertz CT molecular complexity index is 271. The first-order valence-corrected chi connectivity index (χ1v) is 4.29. The van der Waals surface area contributed by atoms with Gasteiger partial charge < -0.3 is 5.73 Å². The zero-order chi connectivity index (χ0) is 9.84. The maximum Gasteiger partial charge on any atom is 0.125 e. The summed E-state index contributed by atoms with van der Waals surface area (Å²) in [5.74, 6) is -0.447. The monoisotopic (exact) mass is 205 g/mol. The van der Waals surface area contributed by atoms with E-state index < -0.39 is 18.5 Å². The number of alkyl halides is 1. The fraction of sp³-hybridized carbons (Fsp3) is 0.333. The minimum atomic E-state index is -0.519. The maximum atomic E-state index is 12.8. The van der Waals surface area contributed by atoms with Crippen LogP contribution in [0.2, 0.25) is 5.02 Å². The Labute approximate surface area is 80.5 Å². The molecule has 1 nitrogen and oxygen atoms in total. The molecule has 1 atom stereocenters. The molecule has 0 spiro atoms. The summed E-state index contributed by atoms with van der Waals surface area (Å²) in [6.45, 7) is -0.519. The molecule has 0 saturated carbocycles. The molecule has 2 N–H and O–H groups in total. The van der Waals surface area contributed by atoms with Gasteiger partial charge in [0.25, 0.3) is 0 Å². The van der Waals surface area contributed by atoms with Gasteiger partial charge >= 0.3 is 0 Å². The van der Waals surface area contributed by atoms with Gasteiger partial charge in [0.05, 0.1) is 6.67 Å². The van der Waals surface area contributed by atoms with E-state index >= 15 is 0 Å². The fourth-order valence-corrected chi connectivity index (χ4v) is 1.30. The molecule has 4 heteroatoms. The second kappa shape index (κ2) is 4.53. The molecule has 1 aromatic rings. The topological polar surface area (TPSA) is 26.0 Å². The highest BCUT2D eigenvalue weighted by atomic mass is 35.5. The summed E-state index contributed by atoms with van der Waals surface area (Å²) >= 11 is 5.61. The number of benzene rings is 1. The minimum Gasteiger partial charge on any atom is -0.324 e. The summed E-state index contributed by atoms with van der Waals surface area (Å²) in [5, 5.41) is 0.282. The molecule has 0 aliphatic heterocycles. The Hall–Kier alpha value is -0.670. The quantitative estimate of drug-likeness (QED) is 0.807. The van der Waals surface area contributed by atoms with Crippen LogP contribution in [0, 0.1) is 5.82 Å². The van der Waals surface area contributed by atoms with Crippen molar-refractivity contribution in [2.24, 2.45) is 5.73 Å². The smallest absolute Gasteiger partial charge is 0.125 e. The van der Waals surface area contributed by atoms with Crippen LogP contribution in [0.5, 0.6) is 0 Å². The van der Waals surface area contributed by atoms with Gasteiger partial charge in [0.15, 0.2) is 0 Å². The number of halogens is 3. The number of hydrogen-bond acceptors (Lipinski definition) is 1. The normalized spacial score (nSPS) is 12.9. The van der Waals surface area contributed by atoms with Crippen molar-refractivity contribution in [3.05, 3.63) is 34.6 Å². The third kappa shape index (κ3) is 2.94. The average molecular weight is 206 g/mol. The molecule has 0 aromatic heterocycles. The van der Waals surface area contributed by atoms with E-state index in [0.29, 0.717) is 5.56 Å². The molecule has 0 unspecified atom stereocenters. The standard InChI is InChI=1S/C9H10ClF2N/c10-7-3-6(4-8(12)5-7)9(13)1-2-11/h3-5,9H,1-2,13H2/t9-/m1/s1. The lowest BCUT2D eigenvalue weighted by atomic mass is 10.1. The van der Waals surface area contributed by atoms with Crippen LogP contribution < -0.4 is 5.73 Å². The zero-order valence-corrected chi connectivity index (χ0v) is 7.69. The molecule has 72 valence electrons. The van der Waals surface area contributed by atoms with Crippen molar-refractivity contribution in [2.45, 2.75) is 12.5 Å². The van der Waals surface area contributed by atoms with Crippen LogP contribution in [0.15, 0.2) is 18.2 Å². The van der Waals surface area contributed by atoms with Gasteiger partial charge in [0, 0.05) is 11.1 Å². The van der Waals surface area contributed by atoms with Crippen molar-refractivity contribution >= 4 is 11.6 Å². The van der Waals surface area contributed by atoms with E-state index in [2.05, 4.69) is 0 Å². The largest absolute Gasteiger partial charge is 0.324 e. The molecule has 0 aliphatic rings. The third-order valence-corrected chi connectivity index (χ3v) is 1.95. The summed E-state index contributed by atoms with van der Waals surface area (Å²) in [6, 6.07) is 3.52. The Balaban J connectivity index is 2.87. The first kappa shape index (κ1) is 10.4. The number of nitrogens with two attached hydrogens (primary N) is 1. The Morgan fingerprint density at radius 2 is 2.08 bits per heavy atom. The highest BCUT2D eigenvalue weighted by molar-refractivity contribution is 6.30. The van der Waals surface area contributed by atoms with E-state index in [9.17, 15) is 8.78 Å². The van der Waals surface area contributed by atoms with Gasteiger partial charge in [0.1, 0.15) is 5.82 Å². The minimum absolute atomic E-state index is 0.180. The van der Waals surface area contributed by atoms with Gasteiger partial charge in [-0.05, 0) is 30.2 Å². The van der Waals surface area contributed by atoms with Gasteiger partial charge in [-0.1, -0.05) is 11.6 Å². The van der Waals surface area contributed by atoms with Crippen LogP contribution in [0.25, 0.3) is 0 Å². The highest BCUT2D eigenvalue weighted by Gasteiger charge is 2.07. The molecule has 1 aromatic carbocycles. The lowest BCUT2D eigenvalue weighted by Gasteiger charge is -2.09. The van der Waals surface area contributed by atoms with E-state index in [1.54, 1.807) is 6.07 Å². The van der Waals surface area contributed by atoms with Crippen molar-refractivity contribution < 1.29 is 8.78 Å². The summed E-state index contributed by atoms with van der Waals surface area (Å²) < 4.78 is 24.7. The Kier molecular flexibility index (Phi) is 3.63. The molecule has 0 bridgehead atoms. The van der Waals surface area contributed by atoms with Crippen molar-refractivity contribution in [3.8, 4) is 0 Å². The second-order valence-corrected chi connectivity index (χ2v) is 3.22. The summed E-state index contributed by atoms with van der Waals surface area (Å²) in [6.07, 6.45) is 0.180. The van der Waals surface area contributed by atoms with Crippen LogP contribution in [0.3, 0.4) is 0 Å². The second-order valence-electron chi connectivity index (χ2n) is 2.79. The van der Waals surface area contributed by atoms with Gasteiger partial charge in [0.2, 0.25) is 0 Å². The molecule has 0 amide bonds. The van der Waals surface area contributed by atoms with Gasteiger partial charge in [-0.15, -0.1) is 0 Å². The van der Waals surface area contributed by atoms with Gasteiger partial charge in [-0.2, -0.15) is 0 Å². The maximum absolute atomic E-state index is 12.8. The SMILES string of the molecule is N[C@H](CCF)c1cc(F)cc(Cl)c1. The lowest BCUT2D eigenvalue weighted by molar-refractivity contribution is 0.441. The molecule has 0 aliphatic carbocycles. The van der Waals surface area contributed by atoms with Gasteiger partial charge in [-0.25, -0.2) is 4.39 Å². The predicted molar refractivity (Wildman–Crippen MR) is 48.9 cm³/mol. The van der Waals surface area contributed by atoms with Crippen LogP contribution >= 0.6 is 11.6 Å². The van der Waals surface area contributed by atoms with E-state index in [1.165, 1.54) is 12.1 Å². The Morgan fingerprint density at radius 3 is 2.62 bits per heavy atom. The predicted octanol–water partition coefficient (Wildman–Crippen LogP) is 2.84. The van der Waals surface area contributed by atoms with Crippen molar-refractivity contribution in [1.29, 1.82) is 0 Å². The molecule has 0 saturated heterocycles. The zero-order valence-electron chi connectivity index (χ0n) is 6.93. The van der Waals surface area contributed by atoms with E-state index in [0.717, 1.165) is 0 Å². The van der Waals surface area contributed by atoms with Crippen LogP contribution in [0.1, 0.15) is 18.0 Å². The van der Waals surface area contributed by atoms with Crippen LogP contribution in [-0.4, -0.2) is 6.67 Å². The van der Waals surface area contributed by atoms with Crippen molar-refractivity contribution in [3.63, 3.8) is 0 Å². The van der Waals surface area contributed by atoms with E-state index in [4.69, 9.17) is 17.3 Å². The van der Waals surface area contributed by atoms with Crippen LogP contribution in [0.4, 0.5) is 8.78 Å². The summed E-state index contributed by atoms with van der Waals surface area (Å²) in [5.41, 5.74) is 6.11. The summed E-state index contributed by atoms with van der Waals surface area (Å²) in [4.78, 5) is 0. The van der Waals surface area contributed by atoms with E-state index in [1.807, 2.05) is 0 Å². The highest BCUT2D eigenvalue weighted by Crippen LogP contribution is 2.20. The average Bonchev–Trinajstić information content (AvgIpc) is 2.03. The number of rotatable bonds is 3. The van der Waals surface area contributed by atoms with Crippen molar-refractivity contribution in [1.82, 2.24) is 0 Å². The molecular formula is C9H10ClF2N. The first-order chi connectivity index (χ1) is 6.13.